The smallest absolute Gasteiger partial charge is 0.302 e. The fraction of sp³-hybridized carbons (Fsp3) is 0.172. The molecule has 0 atom stereocenters. The molecule has 0 saturated carbocycles. The average Bonchev–Trinajstić information content (AvgIpc) is 2.86. The molecule has 4 aromatic rings. The van der Waals surface area contributed by atoms with Crippen molar-refractivity contribution in [2.45, 2.75) is 6.92 Å². The number of hydrogen-bond donors (Lipinski definition) is 3. The SMILES string of the molecule is COC(C)=O.CS(C)(=O)=O.C[n+]1ccccc1.Nc1ccccc1.Nc1ccccc1.Nc1ccccc1. The average molecular weight is 542 g/mol. The van der Waals surface area contributed by atoms with E-state index >= 15 is 0 Å². The highest BCUT2D eigenvalue weighted by Crippen LogP contribution is 1.97. The van der Waals surface area contributed by atoms with E-state index in [2.05, 4.69) is 4.74 Å². The second-order valence-corrected chi connectivity index (χ2v) is 9.90. The molecule has 206 valence electrons. The first-order chi connectivity index (χ1) is 17.8. The van der Waals surface area contributed by atoms with Crippen molar-refractivity contribution < 1.29 is 22.5 Å². The van der Waals surface area contributed by atoms with Gasteiger partial charge in [0.2, 0.25) is 0 Å². The standard InChI is InChI=1S/C6H8N.3C6H7N.C3H6O2.C2H6O2S/c1-7-5-3-2-4-6-7;3*7-6-4-2-1-3-5-6;1-3(4)5-2;1-5(2,3)4/h2-6H,1H3;3*1-5H,7H2;2*1-2H3/q+1;;;;;. The Balaban J connectivity index is 0. The van der Waals surface area contributed by atoms with Gasteiger partial charge in [0.15, 0.2) is 12.4 Å². The van der Waals surface area contributed by atoms with Crippen molar-refractivity contribution in [3.8, 4) is 0 Å². The molecule has 0 saturated heterocycles. The predicted octanol–water partition coefficient (Wildman–Crippen LogP) is 4.16. The third-order valence-corrected chi connectivity index (χ3v) is 3.55. The Morgan fingerprint density at radius 1 is 0.632 bits per heavy atom. The quantitative estimate of drug-likeness (QED) is 0.172. The number of pyridine rings is 1. The van der Waals surface area contributed by atoms with Crippen LogP contribution in [0, 0.1) is 0 Å². The van der Waals surface area contributed by atoms with Gasteiger partial charge in [-0.2, -0.15) is 0 Å². The van der Waals surface area contributed by atoms with E-state index in [0.717, 1.165) is 29.6 Å². The maximum absolute atomic E-state index is 9.63. The van der Waals surface area contributed by atoms with E-state index in [4.69, 9.17) is 17.2 Å². The molecule has 8 nitrogen and oxygen atoms in total. The van der Waals surface area contributed by atoms with Crippen LogP contribution in [0.5, 0.6) is 0 Å². The van der Waals surface area contributed by atoms with Gasteiger partial charge in [-0.1, -0.05) is 60.7 Å². The highest BCUT2D eigenvalue weighted by Gasteiger charge is 1.79. The molecule has 6 N–H and O–H groups in total. The molecule has 0 amide bonds. The first-order valence-electron chi connectivity index (χ1n) is 11.4. The number of nitrogen functional groups attached to an aromatic ring is 3. The van der Waals surface area contributed by atoms with Gasteiger partial charge in [0.25, 0.3) is 0 Å². The van der Waals surface area contributed by atoms with Crippen molar-refractivity contribution in [1.82, 2.24) is 0 Å². The molecule has 1 heterocycles. The van der Waals surface area contributed by atoms with Crippen molar-refractivity contribution >= 4 is 32.9 Å². The summed E-state index contributed by atoms with van der Waals surface area (Å²) in [5, 5.41) is 0. The number of rotatable bonds is 0. The van der Waals surface area contributed by atoms with Gasteiger partial charge < -0.3 is 21.9 Å². The zero-order chi connectivity index (χ0) is 29.2. The molecule has 0 spiro atoms. The third kappa shape index (κ3) is 33.8. The number of nitrogens with zero attached hydrogens (tertiary/aromatic N) is 1. The molecule has 0 unspecified atom stereocenters. The lowest BCUT2D eigenvalue weighted by atomic mass is 10.3. The number of aryl methyl sites for hydroxylation is 1. The number of esters is 1. The summed E-state index contributed by atoms with van der Waals surface area (Å²) < 4.78 is 25.4. The van der Waals surface area contributed by atoms with Crippen LogP contribution >= 0.6 is 0 Å². The minimum Gasteiger partial charge on any atom is -0.469 e. The van der Waals surface area contributed by atoms with Crippen LogP contribution < -0.4 is 21.8 Å². The molecule has 0 fully saturated rings. The third-order valence-electron chi connectivity index (χ3n) is 3.55. The molecule has 0 radical (unpaired) electrons. The second kappa shape index (κ2) is 23.1. The van der Waals surface area contributed by atoms with Crippen LogP contribution in [0.2, 0.25) is 0 Å². The first-order valence-corrected chi connectivity index (χ1v) is 13.7. The fourth-order valence-electron chi connectivity index (χ4n) is 1.84. The molecular formula is C29H41N4O4S+. The number of hydrogen-bond acceptors (Lipinski definition) is 7. The largest absolute Gasteiger partial charge is 0.469 e. The van der Waals surface area contributed by atoms with Crippen LogP contribution in [-0.2, 0) is 26.4 Å². The summed E-state index contributed by atoms with van der Waals surface area (Å²) in [6.45, 7) is 1.36. The minimum atomic E-state index is -2.67. The van der Waals surface area contributed by atoms with E-state index in [-0.39, 0.29) is 5.97 Å². The van der Waals surface area contributed by atoms with Gasteiger partial charge in [-0.15, -0.1) is 0 Å². The number of carbonyl (C=O) groups excluding carboxylic acids is 1. The maximum Gasteiger partial charge on any atom is 0.302 e. The first kappa shape index (κ1) is 35.8. The minimum absolute atomic E-state index is 0.245. The van der Waals surface area contributed by atoms with Gasteiger partial charge in [-0.3, -0.25) is 4.79 Å². The van der Waals surface area contributed by atoms with Crippen LogP contribution in [0.25, 0.3) is 0 Å². The molecule has 0 aliphatic carbocycles. The lowest BCUT2D eigenvalue weighted by Gasteiger charge is -1.83. The Morgan fingerprint density at radius 3 is 0.947 bits per heavy atom. The summed E-state index contributed by atoms with van der Waals surface area (Å²) >= 11 is 0. The van der Waals surface area contributed by atoms with E-state index in [9.17, 15) is 13.2 Å². The molecule has 0 aliphatic heterocycles. The van der Waals surface area contributed by atoms with E-state index in [1.807, 2.05) is 133 Å². The van der Waals surface area contributed by atoms with Crippen molar-refractivity contribution in [2.75, 3.05) is 36.8 Å². The number of ether oxygens (including phenoxy) is 1. The zero-order valence-electron chi connectivity index (χ0n) is 22.8. The summed E-state index contributed by atoms with van der Waals surface area (Å²) in [4.78, 5) is 9.59. The van der Waals surface area contributed by atoms with Crippen LogP contribution in [0.1, 0.15) is 6.92 Å². The normalized spacial score (nSPS) is 8.76. The molecular weight excluding hydrogens is 500 g/mol. The summed E-state index contributed by atoms with van der Waals surface area (Å²) in [5.74, 6) is -0.245. The van der Waals surface area contributed by atoms with E-state index < -0.39 is 9.84 Å². The summed E-state index contributed by atoms with van der Waals surface area (Å²) in [5.41, 5.74) is 18.5. The number of anilines is 3. The van der Waals surface area contributed by atoms with E-state index in [0.29, 0.717) is 0 Å². The molecule has 0 aliphatic rings. The van der Waals surface area contributed by atoms with Gasteiger partial charge in [-0.05, 0) is 36.4 Å². The Kier molecular flexibility index (Phi) is 21.7. The van der Waals surface area contributed by atoms with Gasteiger partial charge in [0, 0.05) is 48.6 Å². The number of carbonyl (C=O) groups is 1. The van der Waals surface area contributed by atoms with Crippen LogP contribution in [0.15, 0.2) is 122 Å². The Hall–Kier alpha value is -4.37. The van der Waals surface area contributed by atoms with Crippen molar-refractivity contribution in [2.24, 2.45) is 7.05 Å². The number of para-hydroxylation sites is 3. The molecule has 4 rings (SSSR count). The van der Waals surface area contributed by atoms with Gasteiger partial charge in [0.1, 0.15) is 16.9 Å². The number of aromatic nitrogens is 1. The topological polar surface area (TPSA) is 142 Å². The summed E-state index contributed by atoms with van der Waals surface area (Å²) in [6.07, 6.45) is 6.32. The van der Waals surface area contributed by atoms with Crippen LogP contribution in [0.4, 0.5) is 17.1 Å². The number of nitrogens with two attached hydrogens (primary N) is 3. The van der Waals surface area contributed by atoms with Crippen molar-refractivity contribution in [3.63, 3.8) is 0 Å². The summed E-state index contributed by atoms with van der Waals surface area (Å²) in [6, 6.07) is 34.5. The zero-order valence-corrected chi connectivity index (χ0v) is 23.6. The highest BCUT2D eigenvalue weighted by atomic mass is 32.2. The van der Waals surface area contributed by atoms with E-state index in [1.165, 1.54) is 14.0 Å². The molecule has 38 heavy (non-hydrogen) atoms. The lowest BCUT2D eigenvalue weighted by Crippen LogP contribution is -2.25. The lowest BCUT2D eigenvalue weighted by molar-refractivity contribution is -0.671. The van der Waals surface area contributed by atoms with Crippen molar-refractivity contribution in [1.29, 1.82) is 0 Å². The van der Waals surface area contributed by atoms with Gasteiger partial charge in [0.05, 0.1) is 7.11 Å². The molecule has 9 heteroatoms. The maximum atomic E-state index is 9.63. The van der Waals surface area contributed by atoms with Gasteiger partial charge >= 0.3 is 5.97 Å². The fourth-order valence-corrected chi connectivity index (χ4v) is 1.84. The monoisotopic (exact) mass is 541 g/mol. The van der Waals surface area contributed by atoms with Crippen LogP contribution in [-0.4, -0.2) is 34.0 Å². The Morgan fingerprint density at radius 2 is 0.842 bits per heavy atom. The number of benzene rings is 3. The number of sulfone groups is 1. The highest BCUT2D eigenvalue weighted by molar-refractivity contribution is 7.89. The number of methoxy groups -OCH3 is 1. The molecule has 1 aromatic heterocycles. The van der Waals surface area contributed by atoms with Crippen molar-refractivity contribution in [3.05, 3.63) is 122 Å². The summed E-state index contributed by atoms with van der Waals surface area (Å²) in [7, 11) is 0.683. The van der Waals surface area contributed by atoms with Gasteiger partial charge in [-0.25, -0.2) is 13.0 Å². The Bertz CT molecular complexity index is 1020. The van der Waals surface area contributed by atoms with Crippen LogP contribution in [0.3, 0.4) is 0 Å². The molecule has 3 aromatic carbocycles. The second-order valence-electron chi connectivity index (χ2n) is 7.61. The molecule has 0 bridgehead atoms. The van der Waals surface area contributed by atoms with E-state index in [1.54, 1.807) is 0 Å². The predicted molar refractivity (Wildman–Crippen MR) is 159 cm³/mol. The Labute approximate surface area is 227 Å².